The van der Waals surface area contributed by atoms with Crippen molar-refractivity contribution in [3.8, 4) is 11.5 Å². The van der Waals surface area contributed by atoms with Crippen LogP contribution in [0.2, 0.25) is 5.02 Å². The lowest BCUT2D eigenvalue weighted by Crippen LogP contribution is -1.93. The molecule has 0 aliphatic rings. The Morgan fingerprint density at radius 1 is 1.19 bits per heavy atom. The fourth-order valence-electron chi connectivity index (χ4n) is 2.16. The van der Waals surface area contributed by atoms with E-state index in [0.717, 1.165) is 22.3 Å². The summed E-state index contributed by atoms with van der Waals surface area (Å²) in [5, 5.41) is 14.7. The van der Waals surface area contributed by atoms with E-state index in [0.29, 0.717) is 10.8 Å². The van der Waals surface area contributed by atoms with Crippen molar-refractivity contribution in [3.63, 3.8) is 0 Å². The topological polar surface area (TPSA) is 54.4 Å². The smallest absolute Gasteiger partial charge is 0.162 e. The van der Waals surface area contributed by atoms with Crippen LogP contribution in [-0.4, -0.2) is 17.2 Å². The summed E-state index contributed by atoms with van der Waals surface area (Å²) in [5.41, 5.74) is 2.43. The van der Waals surface area contributed by atoms with Gasteiger partial charge in [0.2, 0.25) is 0 Å². The van der Waals surface area contributed by atoms with E-state index < -0.39 is 0 Å². The highest BCUT2D eigenvalue weighted by molar-refractivity contribution is 6.30. The summed E-state index contributed by atoms with van der Waals surface area (Å²) in [7, 11) is 1.51. The fraction of sp³-hybridized carbons (Fsp3) is 0.0625. The zero-order valence-electron chi connectivity index (χ0n) is 11.3. The largest absolute Gasteiger partial charge is 0.504 e. The fourth-order valence-corrected chi connectivity index (χ4v) is 2.35. The van der Waals surface area contributed by atoms with Crippen molar-refractivity contribution in [3.05, 3.63) is 53.7 Å². The predicted octanol–water partition coefficient (Wildman–Crippen LogP) is 4.35. The maximum Gasteiger partial charge on any atom is 0.162 e. The van der Waals surface area contributed by atoms with E-state index >= 15 is 0 Å². The molecule has 1 aromatic heterocycles. The Bertz CT molecular complexity index is 805. The molecule has 0 aliphatic heterocycles. The molecule has 0 fully saturated rings. The third kappa shape index (κ3) is 2.71. The first kappa shape index (κ1) is 13.5. The van der Waals surface area contributed by atoms with Crippen molar-refractivity contribution in [2.75, 3.05) is 12.4 Å². The number of hydrogen-bond donors (Lipinski definition) is 2. The Kier molecular flexibility index (Phi) is 3.54. The number of phenols is 1. The average molecular weight is 301 g/mol. The predicted molar refractivity (Wildman–Crippen MR) is 84.7 cm³/mol. The molecular formula is C16H13ClN2O2. The zero-order valence-corrected chi connectivity index (χ0v) is 12.1. The van der Waals surface area contributed by atoms with Gasteiger partial charge in [0.05, 0.1) is 12.6 Å². The van der Waals surface area contributed by atoms with E-state index in [9.17, 15) is 5.11 Å². The second-order valence-electron chi connectivity index (χ2n) is 4.54. The molecule has 3 rings (SSSR count). The van der Waals surface area contributed by atoms with Crippen LogP contribution in [0.15, 0.2) is 48.7 Å². The van der Waals surface area contributed by atoms with E-state index in [1.165, 1.54) is 7.11 Å². The molecule has 0 saturated heterocycles. The second kappa shape index (κ2) is 5.50. The molecule has 0 aliphatic carbocycles. The van der Waals surface area contributed by atoms with Gasteiger partial charge in [-0.15, -0.1) is 0 Å². The van der Waals surface area contributed by atoms with Gasteiger partial charge in [-0.05, 0) is 30.3 Å². The number of rotatable bonds is 3. The van der Waals surface area contributed by atoms with E-state index in [4.69, 9.17) is 16.3 Å². The minimum atomic E-state index is 0.0761. The molecule has 21 heavy (non-hydrogen) atoms. The highest BCUT2D eigenvalue weighted by Gasteiger charge is 2.08. The third-order valence-electron chi connectivity index (χ3n) is 3.15. The number of aromatic nitrogens is 1. The third-order valence-corrected chi connectivity index (χ3v) is 3.38. The molecule has 1 heterocycles. The maximum atomic E-state index is 9.94. The van der Waals surface area contributed by atoms with Gasteiger partial charge in [-0.25, -0.2) is 0 Å². The van der Waals surface area contributed by atoms with Gasteiger partial charge in [0.25, 0.3) is 0 Å². The van der Waals surface area contributed by atoms with Crippen molar-refractivity contribution in [1.82, 2.24) is 4.98 Å². The lowest BCUT2D eigenvalue weighted by molar-refractivity contribution is 0.374. The summed E-state index contributed by atoms with van der Waals surface area (Å²) < 4.78 is 5.10. The first-order valence-corrected chi connectivity index (χ1v) is 6.73. The molecule has 0 radical (unpaired) electrons. The number of phenolic OH excluding ortho intramolecular Hbond substituents is 1. The van der Waals surface area contributed by atoms with Crippen LogP contribution in [0.4, 0.5) is 11.4 Å². The number of methoxy groups -OCH3 is 1. The Balaban J connectivity index is 2.08. The number of anilines is 2. The lowest BCUT2D eigenvalue weighted by atomic mass is 10.1. The van der Waals surface area contributed by atoms with Crippen molar-refractivity contribution in [2.45, 2.75) is 0 Å². The molecule has 106 valence electrons. The standard InChI is InChI=1S/C16H13ClN2O2/c1-21-16-9-14-12(8-15(16)20)13(5-6-18-14)19-11-4-2-3-10(17)7-11/h2-9,20H,1H3,(H,18,19). The minimum absolute atomic E-state index is 0.0761. The summed E-state index contributed by atoms with van der Waals surface area (Å²) in [5.74, 6) is 0.474. The number of ether oxygens (including phenoxy) is 1. The van der Waals surface area contributed by atoms with Gasteiger partial charge in [-0.2, -0.15) is 0 Å². The quantitative estimate of drug-likeness (QED) is 0.755. The number of pyridine rings is 1. The van der Waals surface area contributed by atoms with Gasteiger partial charge in [0.1, 0.15) is 0 Å². The average Bonchev–Trinajstić information content (AvgIpc) is 2.47. The number of hydrogen-bond acceptors (Lipinski definition) is 4. The minimum Gasteiger partial charge on any atom is -0.504 e. The number of fused-ring (bicyclic) bond motifs is 1. The van der Waals surface area contributed by atoms with Crippen molar-refractivity contribution in [1.29, 1.82) is 0 Å². The summed E-state index contributed by atoms with van der Waals surface area (Å²) in [4.78, 5) is 4.29. The molecule has 0 bridgehead atoms. The van der Waals surface area contributed by atoms with Crippen LogP contribution in [0.5, 0.6) is 11.5 Å². The number of halogens is 1. The second-order valence-corrected chi connectivity index (χ2v) is 4.97. The van der Waals surface area contributed by atoms with E-state index in [1.807, 2.05) is 30.3 Å². The summed E-state index contributed by atoms with van der Waals surface area (Å²) >= 11 is 5.99. The Morgan fingerprint density at radius 2 is 2.05 bits per heavy atom. The van der Waals surface area contributed by atoms with E-state index in [1.54, 1.807) is 18.3 Å². The van der Waals surface area contributed by atoms with E-state index in [-0.39, 0.29) is 5.75 Å². The number of benzene rings is 2. The van der Waals surface area contributed by atoms with Crippen LogP contribution in [0, 0.1) is 0 Å². The number of nitrogens with one attached hydrogen (secondary N) is 1. The monoisotopic (exact) mass is 300 g/mol. The molecule has 2 N–H and O–H groups in total. The van der Waals surface area contributed by atoms with Crippen molar-refractivity contribution < 1.29 is 9.84 Å². The lowest BCUT2D eigenvalue weighted by Gasteiger charge is -2.11. The van der Waals surface area contributed by atoms with Crippen LogP contribution in [0.3, 0.4) is 0 Å². The van der Waals surface area contributed by atoms with Gasteiger partial charge in [-0.3, -0.25) is 4.98 Å². The molecule has 0 unspecified atom stereocenters. The first-order chi connectivity index (χ1) is 10.2. The molecule has 5 heteroatoms. The Labute approximate surface area is 127 Å². The highest BCUT2D eigenvalue weighted by Crippen LogP contribution is 2.34. The number of nitrogens with zero attached hydrogens (tertiary/aromatic N) is 1. The first-order valence-electron chi connectivity index (χ1n) is 6.35. The van der Waals surface area contributed by atoms with E-state index in [2.05, 4.69) is 10.3 Å². The maximum absolute atomic E-state index is 9.94. The van der Waals surface area contributed by atoms with Gasteiger partial charge in [0, 0.05) is 34.0 Å². The zero-order chi connectivity index (χ0) is 14.8. The normalized spacial score (nSPS) is 10.6. The van der Waals surface area contributed by atoms with Gasteiger partial charge in [0.15, 0.2) is 11.5 Å². The van der Waals surface area contributed by atoms with Crippen molar-refractivity contribution in [2.24, 2.45) is 0 Å². The van der Waals surface area contributed by atoms with Crippen LogP contribution in [0.25, 0.3) is 10.9 Å². The Hall–Kier alpha value is -2.46. The van der Waals surface area contributed by atoms with Crippen LogP contribution in [-0.2, 0) is 0 Å². The molecule has 3 aromatic rings. The molecule has 0 amide bonds. The summed E-state index contributed by atoms with van der Waals surface area (Å²) in [6.07, 6.45) is 1.70. The van der Waals surface area contributed by atoms with Gasteiger partial charge >= 0.3 is 0 Å². The molecule has 2 aromatic carbocycles. The molecule has 0 spiro atoms. The SMILES string of the molecule is COc1cc2nccc(Nc3cccc(Cl)c3)c2cc1O. The molecular weight excluding hydrogens is 288 g/mol. The molecule has 0 atom stereocenters. The van der Waals surface area contributed by atoms with Crippen LogP contribution < -0.4 is 10.1 Å². The van der Waals surface area contributed by atoms with Crippen LogP contribution >= 0.6 is 11.6 Å². The molecule has 4 nitrogen and oxygen atoms in total. The highest BCUT2D eigenvalue weighted by atomic mass is 35.5. The van der Waals surface area contributed by atoms with Crippen molar-refractivity contribution >= 4 is 33.9 Å². The summed E-state index contributed by atoms with van der Waals surface area (Å²) in [6.45, 7) is 0. The van der Waals surface area contributed by atoms with Gasteiger partial charge in [-0.1, -0.05) is 17.7 Å². The van der Waals surface area contributed by atoms with Gasteiger partial charge < -0.3 is 15.2 Å². The number of aromatic hydroxyl groups is 1. The van der Waals surface area contributed by atoms with Crippen LogP contribution in [0.1, 0.15) is 0 Å². The summed E-state index contributed by atoms with van der Waals surface area (Å²) in [6, 6.07) is 12.6. The molecule has 0 saturated carbocycles. The Morgan fingerprint density at radius 3 is 2.81 bits per heavy atom.